The molecule has 0 saturated carbocycles. The zero-order valence-corrected chi connectivity index (χ0v) is 26.0. The van der Waals surface area contributed by atoms with Gasteiger partial charge in [0.2, 0.25) is 0 Å². The highest BCUT2D eigenvalue weighted by molar-refractivity contribution is 6.41. The molecule has 0 radical (unpaired) electrons. The zero-order valence-electron chi connectivity index (χ0n) is 26.0. The van der Waals surface area contributed by atoms with Gasteiger partial charge in [0.05, 0.1) is 27.3 Å². The molecule has 48 heavy (non-hydrogen) atoms. The largest absolute Gasteiger partial charge is 0.496 e. The van der Waals surface area contributed by atoms with Crippen LogP contribution < -0.4 is 9.47 Å². The molecule has 8 heteroatoms. The number of rotatable bonds is 6. The second-order valence-corrected chi connectivity index (χ2v) is 12.2. The molecule has 0 bridgehead atoms. The number of carbonyl (C=O) groups excluding carboxylic acids is 4. The summed E-state index contributed by atoms with van der Waals surface area (Å²) in [6, 6.07) is 29.4. The fourth-order valence-corrected chi connectivity index (χ4v) is 7.66. The first-order valence-electron chi connectivity index (χ1n) is 15.6. The number of ether oxygens (including phenoxy) is 2. The van der Waals surface area contributed by atoms with Crippen LogP contribution in [0.2, 0.25) is 0 Å². The maximum absolute atomic E-state index is 14.0. The Balaban J connectivity index is 1.22. The Labute approximate surface area is 274 Å². The molecule has 2 aliphatic rings. The van der Waals surface area contributed by atoms with E-state index in [9.17, 15) is 19.2 Å². The number of carbonyl (C=O) groups is 4. The maximum atomic E-state index is 14.0. The van der Waals surface area contributed by atoms with Crippen LogP contribution in [0.4, 0.5) is 0 Å². The lowest BCUT2D eigenvalue weighted by Gasteiger charge is -2.30. The summed E-state index contributed by atoms with van der Waals surface area (Å²) in [6.45, 7) is 0.159. The molecule has 9 rings (SSSR count). The van der Waals surface area contributed by atoms with Crippen molar-refractivity contribution in [3.63, 3.8) is 0 Å². The first kappa shape index (κ1) is 28.0. The van der Waals surface area contributed by atoms with Crippen molar-refractivity contribution in [2.75, 3.05) is 14.2 Å². The molecule has 0 fully saturated rings. The summed E-state index contributed by atoms with van der Waals surface area (Å²) in [5.74, 6) is -0.279. The second kappa shape index (κ2) is 10.1. The fraction of sp³-hybridized carbons (Fsp3) is 0.100. The SMILES string of the molecule is COc1ccccc1CN1C(=O)c2ccc3c4ccc5c6c(ccc(c7ccc(c2c37)C1=O)c64)C(=O)N(Cc1ccccc1OC)C5=O. The number of hydrogen-bond acceptors (Lipinski definition) is 6. The molecular formula is C40H26N2O6. The Morgan fingerprint density at radius 1 is 0.417 bits per heavy atom. The molecule has 7 aromatic carbocycles. The molecule has 232 valence electrons. The number of methoxy groups -OCH3 is 2. The molecule has 4 amide bonds. The standard InChI is InChI=1S/C40H26N2O6/c1-47-31-9-5-3-7-21(31)19-41-37(43)27-15-11-23-25-13-17-29-36-30(40(46)42(39(29)45)20-22-8-4-6-10-32(22)48-2)18-14-26(34(25)36)24-12-16-28(38(41)44)35(27)33(23)24/h3-18H,19-20H2,1-2H3. The van der Waals surface area contributed by atoms with Crippen molar-refractivity contribution in [1.29, 1.82) is 0 Å². The second-order valence-electron chi connectivity index (χ2n) is 12.2. The zero-order chi connectivity index (χ0) is 32.8. The molecule has 0 spiro atoms. The number of fused-ring (bicyclic) bond motifs is 2. The fourth-order valence-electron chi connectivity index (χ4n) is 7.66. The van der Waals surface area contributed by atoms with Crippen molar-refractivity contribution in [2.45, 2.75) is 13.1 Å². The molecule has 0 saturated heterocycles. The molecular weight excluding hydrogens is 604 g/mol. The van der Waals surface area contributed by atoms with E-state index in [-0.39, 0.29) is 36.7 Å². The third kappa shape index (κ3) is 3.65. The van der Waals surface area contributed by atoms with Gasteiger partial charge in [0.1, 0.15) is 11.5 Å². The van der Waals surface area contributed by atoms with Gasteiger partial charge in [-0.05, 0) is 68.7 Å². The minimum Gasteiger partial charge on any atom is -0.496 e. The van der Waals surface area contributed by atoms with E-state index in [4.69, 9.17) is 9.47 Å². The number of amides is 4. The lowest BCUT2D eigenvalue weighted by molar-refractivity contribution is 0.0582. The topological polar surface area (TPSA) is 93.2 Å². The molecule has 0 N–H and O–H groups in total. The normalized spacial score (nSPS) is 14.3. The molecule has 8 nitrogen and oxygen atoms in total. The lowest BCUT2D eigenvalue weighted by atomic mass is 9.82. The highest BCUT2D eigenvalue weighted by atomic mass is 16.5. The average molecular weight is 631 g/mol. The number of imide groups is 2. The van der Waals surface area contributed by atoms with Gasteiger partial charge in [-0.15, -0.1) is 0 Å². The van der Waals surface area contributed by atoms with Crippen LogP contribution in [-0.2, 0) is 13.1 Å². The van der Waals surface area contributed by atoms with E-state index < -0.39 is 0 Å². The van der Waals surface area contributed by atoms with Crippen LogP contribution in [0.5, 0.6) is 11.5 Å². The minimum absolute atomic E-state index is 0.0793. The van der Waals surface area contributed by atoms with Gasteiger partial charge in [0, 0.05) is 44.2 Å². The van der Waals surface area contributed by atoms with Crippen molar-refractivity contribution in [3.05, 3.63) is 130 Å². The van der Waals surface area contributed by atoms with Crippen LogP contribution in [0, 0.1) is 0 Å². The quantitative estimate of drug-likeness (QED) is 0.108. The van der Waals surface area contributed by atoms with E-state index >= 15 is 0 Å². The molecule has 0 unspecified atom stereocenters. The number of benzene rings is 7. The average Bonchev–Trinajstić information content (AvgIpc) is 3.12. The highest BCUT2D eigenvalue weighted by Gasteiger charge is 2.37. The van der Waals surface area contributed by atoms with E-state index in [0.29, 0.717) is 44.5 Å². The van der Waals surface area contributed by atoms with E-state index in [1.165, 1.54) is 9.80 Å². The van der Waals surface area contributed by atoms with E-state index in [1.807, 2.05) is 60.7 Å². The van der Waals surface area contributed by atoms with Gasteiger partial charge in [-0.25, -0.2) is 0 Å². The van der Waals surface area contributed by atoms with Crippen LogP contribution in [0.3, 0.4) is 0 Å². The minimum atomic E-state index is -0.371. The third-order valence-electron chi connectivity index (χ3n) is 9.85. The summed E-state index contributed by atoms with van der Waals surface area (Å²) in [5, 5.41) is 6.23. The van der Waals surface area contributed by atoms with Gasteiger partial charge in [0.15, 0.2) is 0 Å². The van der Waals surface area contributed by atoms with Gasteiger partial charge in [-0.3, -0.25) is 29.0 Å². The van der Waals surface area contributed by atoms with Crippen LogP contribution in [0.15, 0.2) is 97.1 Å². The Morgan fingerprint density at radius 3 is 1.04 bits per heavy atom. The first-order chi connectivity index (χ1) is 23.4. The van der Waals surface area contributed by atoms with Crippen LogP contribution in [0.1, 0.15) is 52.6 Å². The van der Waals surface area contributed by atoms with Gasteiger partial charge < -0.3 is 9.47 Å². The number of para-hydroxylation sites is 2. The summed E-state index contributed by atoms with van der Waals surface area (Å²) in [6.07, 6.45) is 0. The lowest BCUT2D eigenvalue weighted by Crippen LogP contribution is -2.40. The van der Waals surface area contributed by atoms with Gasteiger partial charge >= 0.3 is 0 Å². The molecule has 2 aliphatic heterocycles. The first-order valence-corrected chi connectivity index (χ1v) is 15.6. The van der Waals surface area contributed by atoms with Gasteiger partial charge in [0.25, 0.3) is 23.6 Å². The van der Waals surface area contributed by atoms with Gasteiger partial charge in [-0.1, -0.05) is 60.7 Å². The maximum Gasteiger partial charge on any atom is 0.261 e. The summed E-state index contributed by atoms with van der Waals surface area (Å²) < 4.78 is 11.0. The predicted octanol–water partition coefficient (Wildman–Crippen LogP) is 7.35. The van der Waals surface area contributed by atoms with Crippen LogP contribution in [0.25, 0.3) is 43.1 Å². The molecule has 0 aromatic heterocycles. The Morgan fingerprint density at radius 2 is 0.729 bits per heavy atom. The third-order valence-corrected chi connectivity index (χ3v) is 9.85. The van der Waals surface area contributed by atoms with Crippen molar-refractivity contribution in [2.24, 2.45) is 0 Å². The van der Waals surface area contributed by atoms with E-state index in [2.05, 4.69) is 0 Å². The van der Waals surface area contributed by atoms with E-state index in [1.54, 1.807) is 50.6 Å². The molecule has 0 atom stereocenters. The Kier molecular flexibility index (Phi) is 5.89. The number of hydrogen-bond donors (Lipinski definition) is 0. The van der Waals surface area contributed by atoms with Crippen LogP contribution in [-0.4, -0.2) is 47.6 Å². The monoisotopic (exact) mass is 630 g/mol. The Hall–Kier alpha value is -6.28. The number of nitrogens with zero attached hydrogens (tertiary/aromatic N) is 2. The smallest absolute Gasteiger partial charge is 0.261 e. The highest BCUT2D eigenvalue weighted by Crippen LogP contribution is 2.46. The summed E-state index contributed by atoms with van der Waals surface area (Å²) >= 11 is 0. The molecule has 2 heterocycles. The van der Waals surface area contributed by atoms with Gasteiger partial charge in [-0.2, -0.15) is 0 Å². The summed E-state index contributed by atoms with van der Waals surface area (Å²) in [7, 11) is 3.13. The summed E-state index contributed by atoms with van der Waals surface area (Å²) in [4.78, 5) is 58.4. The van der Waals surface area contributed by atoms with Crippen molar-refractivity contribution in [1.82, 2.24) is 9.80 Å². The molecule has 7 aromatic rings. The van der Waals surface area contributed by atoms with Crippen molar-refractivity contribution in [3.8, 4) is 11.5 Å². The van der Waals surface area contributed by atoms with Crippen LogP contribution >= 0.6 is 0 Å². The molecule has 0 aliphatic carbocycles. The van der Waals surface area contributed by atoms with Crippen molar-refractivity contribution < 1.29 is 28.7 Å². The Bertz CT molecular complexity index is 2290. The van der Waals surface area contributed by atoms with E-state index in [0.717, 1.165) is 43.4 Å². The summed E-state index contributed by atoms with van der Waals surface area (Å²) in [5.41, 5.74) is 3.26. The predicted molar refractivity (Wildman–Crippen MR) is 182 cm³/mol. The van der Waals surface area contributed by atoms with Crippen molar-refractivity contribution >= 4 is 66.7 Å².